The largest absolute Gasteiger partial charge is 0.396 e. The summed E-state index contributed by atoms with van der Waals surface area (Å²) in [4.78, 5) is 0. The molecule has 0 fully saturated rings. The Labute approximate surface area is 90.1 Å². The van der Waals surface area contributed by atoms with Gasteiger partial charge in [-0.05, 0) is 12.7 Å². The molecule has 0 radical (unpaired) electrons. The molecule has 0 rings (SSSR count). The molecule has 0 unspecified atom stereocenters. The van der Waals surface area contributed by atoms with Crippen molar-refractivity contribution in [2.45, 2.75) is 6.42 Å². The number of hydrogen-bond donors (Lipinski definition) is 2. The van der Waals surface area contributed by atoms with Gasteiger partial charge in [0, 0.05) is 32.5 Å². The van der Waals surface area contributed by atoms with Crippen molar-refractivity contribution in [3.05, 3.63) is 0 Å². The zero-order chi connectivity index (χ0) is 11.0. The standard InChI is InChI=1S/C7H18N2O3S2/c1-9(5-3-6-10)14(11,12)8-4-7-13-2/h8,10H,3-7H2,1-2H3. The average Bonchev–Trinajstić information content (AvgIpc) is 2.14. The van der Waals surface area contributed by atoms with Crippen LogP contribution in [0.1, 0.15) is 6.42 Å². The van der Waals surface area contributed by atoms with E-state index in [0.29, 0.717) is 19.5 Å². The number of rotatable bonds is 8. The molecule has 0 amide bonds. The molecule has 0 heterocycles. The molecule has 2 N–H and O–H groups in total. The Morgan fingerprint density at radius 2 is 2.14 bits per heavy atom. The van der Waals surface area contributed by atoms with Gasteiger partial charge in [0.2, 0.25) is 0 Å². The lowest BCUT2D eigenvalue weighted by molar-refractivity contribution is 0.275. The van der Waals surface area contributed by atoms with E-state index in [-0.39, 0.29) is 6.61 Å². The zero-order valence-electron chi connectivity index (χ0n) is 8.56. The molecular formula is C7H18N2O3S2. The van der Waals surface area contributed by atoms with Crippen molar-refractivity contribution in [1.29, 1.82) is 0 Å². The summed E-state index contributed by atoms with van der Waals surface area (Å²) in [7, 11) is -1.85. The summed E-state index contributed by atoms with van der Waals surface area (Å²) in [6.07, 6.45) is 2.38. The molecule has 0 bridgehead atoms. The predicted octanol–water partition coefficient (Wildman–Crippen LogP) is -0.502. The maximum atomic E-state index is 11.4. The first kappa shape index (κ1) is 14.2. The molecule has 0 aromatic heterocycles. The van der Waals surface area contributed by atoms with E-state index in [2.05, 4.69) is 4.72 Å². The first-order valence-electron chi connectivity index (χ1n) is 4.35. The van der Waals surface area contributed by atoms with Crippen LogP contribution >= 0.6 is 11.8 Å². The lowest BCUT2D eigenvalue weighted by Crippen LogP contribution is -2.39. The minimum atomic E-state index is -3.35. The van der Waals surface area contributed by atoms with Crippen LogP contribution in [0.2, 0.25) is 0 Å². The Hall–Kier alpha value is 0.180. The highest BCUT2D eigenvalue weighted by molar-refractivity contribution is 7.98. The van der Waals surface area contributed by atoms with E-state index in [1.165, 1.54) is 11.4 Å². The summed E-state index contributed by atoms with van der Waals surface area (Å²) in [5.41, 5.74) is 0. The molecule has 0 atom stereocenters. The molecule has 0 aliphatic carbocycles. The zero-order valence-corrected chi connectivity index (χ0v) is 10.2. The Bertz CT molecular complexity index is 231. The molecule has 0 aromatic rings. The number of nitrogens with one attached hydrogen (secondary N) is 1. The molecule has 5 nitrogen and oxygen atoms in total. The van der Waals surface area contributed by atoms with Gasteiger partial charge in [0.1, 0.15) is 0 Å². The predicted molar refractivity (Wildman–Crippen MR) is 59.6 cm³/mol. The third-order valence-corrected chi connectivity index (χ3v) is 3.82. The highest BCUT2D eigenvalue weighted by Crippen LogP contribution is 1.96. The Morgan fingerprint density at radius 1 is 1.50 bits per heavy atom. The lowest BCUT2D eigenvalue weighted by atomic mass is 10.5. The summed E-state index contributed by atoms with van der Waals surface area (Å²) in [6.45, 7) is 0.780. The van der Waals surface area contributed by atoms with Crippen LogP contribution in [0.3, 0.4) is 0 Å². The van der Waals surface area contributed by atoms with Gasteiger partial charge in [-0.3, -0.25) is 0 Å². The van der Waals surface area contributed by atoms with E-state index in [9.17, 15) is 8.42 Å². The number of aliphatic hydroxyl groups is 1. The minimum Gasteiger partial charge on any atom is -0.396 e. The first-order valence-corrected chi connectivity index (χ1v) is 7.18. The van der Waals surface area contributed by atoms with Gasteiger partial charge < -0.3 is 5.11 Å². The Morgan fingerprint density at radius 3 is 2.64 bits per heavy atom. The van der Waals surface area contributed by atoms with Crippen molar-refractivity contribution in [3.63, 3.8) is 0 Å². The molecule has 0 spiro atoms. The molecular weight excluding hydrogens is 224 g/mol. The van der Waals surface area contributed by atoms with Gasteiger partial charge in [-0.2, -0.15) is 24.5 Å². The van der Waals surface area contributed by atoms with Crippen LogP contribution in [0.15, 0.2) is 0 Å². The van der Waals surface area contributed by atoms with Gasteiger partial charge in [0.25, 0.3) is 10.2 Å². The monoisotopic (exact) mass is 242 g/mol. The van der Waals surface area contributed by atoms with Crippen molar-refractivity contribution < 1.29 is 13.5 Å². The normalized spacial score (nSPS) is 12.3. The van der Waals surface area contributed by atoms with Crippen molar-refractivity contribution >= 4 is 22.0 Å². The van der Waals surface area contributed by atoms with E-state index >= 15 is 0 Å². The second-order valence-corrected chi connectivity index (χ2v) is 5.64. The van der Waals surface area contributed by atoms with E-state index < -0.39 is 10.2 Å². The number of hydrogen-bond acceptors (Lipinski definition) is 4. The molecule has 0 aromatic carbocycles. The fourth-order valence-electron chi connectivity index (χ4n) is 0.796. The van der Waals surface area contributed by atoms with Gasteiger partial charge in [0.05, 0.1) is 0 Å². The molecule has 7 heteroatoms. The lowest BCUT2D eigenvalue weighted by Gasteiger charge is -2.16. The van der Waals surface area contributed by atoms with Crippen molar-refractivity contribution in [2.24, 2.45) is 0 Å². The molecule has 14 heavy (non-hydrogen) atoms. The van der Waals surface area contributed by atoms with E-state index in [0.717, 1.165) is 5.75 Å². The van der Waals surface area contributed by atoms with Gasteiger partial charge >= 0.3 is 0 Å². The number of aliphatic hydroxyl groups excluding tert-OH is 1. The summed E-state index contributed by atoms with van der Waals surface area (Å²) >= 11 is 1.59. The fourth-order valence-corrected chi connectivity index (χ4v) is 2.18. The second-order valence-electron chi connectivity index (χ2n) is 2.79. The van der Waals surface area contributed by atoms with E-state index in [4.69, 9.17) is 5.11 Å². The Balaban J connectivity index is 3.91. The summed E-state index contributed by atoms with van der Waals surface area (Å²) in [5.74, 6) is 0.757. The maximum Gasteiger partial charge on any atom is 0.279 e. The van der Waals surface area contributed by atoms with E-state index in [1.807, 2.05) is 6.26 Å². The van der Waals surface area contributed by atoms with Gasteiger partial charge in [-0.1, -0.05) is 0 Å². The summed E-state index contributed by atoms with van der Waals surface area (Å²) in [5, 5.41) is 8.55. The summed E-state index contributed by atoms with van der Waals surface area (Å²) in [6, 6.07) is 0. The van der Waals surface area contributed by atoms with Gasteiger partial charge in [-0.25, -0.2) is 4.72 Å². The van der Waals surface area contributed by atoms with Crippen LogP contribution in [0.5, 0.6) is 0 Å². The minimum absolute atomic E-state index is 0.00463. The van der Waals surface area contributed by atoms with Crippen LogP contribution in [0.4, 0.5) is 0 Å². The maximum absolute atomic E-state index is 11.4. The molecule has 0 aliphatic heterocycles. The summed E-state index contributed by atoms with van der Waals surface area (Å²) < 4.78 is 26.5. The molecule has 86 valence electrons. The SMILES string of the molecule is CSCCNS(=O)(=O)N(C)CCCO. The average molecular weight is 242 g/mol. The third kappa shape index (κ3) is 5.82. The topological polar surface area (TPSA) is 69.6 Å². The van der Waals surface area contributed by atoms with Crippen LogP contribution < -0.4 is 4.72 Å². The smallest absolute Gasteiger partial charge is 0.279 e. The van der Waals surface area contributed by atoms with Crippen LogP contribution in [0.25, 0.3) is 0 Å². The molecule has 0 aliphatic rings. The van der Waals surface area contributed by atoms with Crippen LogP contribution in [0, 0.1) is 0 Å². The van der Waals surface area contributed by atoms with Crippen molar-refractivity contribution in [3.8, 4) is 0 Å². The molecule has 0 saturated heterocycles. The van der Waals surface area contributed by atoms with Crippen molar-refractivity contribution in [1.82, 2.24) is 9.03 Å². The first-order chi connectivity index (χ1) is 6.54. The highest BCUT2D eigenvalue weighted by atomic mass is 32.2. The van der Waals surface area contributed by atoms with Crippen LogP contribution in [-0.4, -0.2) is 56.6 Å². The van der Waals surface area contributed by atoms with Gasteiger partial charge in [0.15, 0.2) is 0 Å². The number of nitrogens with zero attached hydrogens (tertiary/aromatic N) is 1. The number of thioether (sulfide) groups is 1. The fraction of sp³-hybridized carbons (Fsp3) is 1.00. The quantitative estimate of drug-likeness (QED) is 0.563. The van der Waals surface area contributed by atoms with Crippen LogP contribution in [-0.2, 0) is 10.2 Å². The highest BCUT2D eigenvalue weighted by Gasteiger charge is 2.15. The molecule has 0 saturated carbocycles. The Kier molecular flexibility index (Phi) is 7.56. The second kappa shape index (κ2) is 7.47. The van der Waals surface area contributed by atoms with E-state index in [1.54, 1.807) is 11.8 Å². The third-order valence-electron chi connectivity index (χ3n) is 1.63. The van der Waals surface area contributed by atoms with Crippen molar-refractivity contribution in [2.75, 3.05) is 38.8 Å². The van der Waals surface area contributed by atoms with Gasteiger partial charge in [-0.15, -0.1) is 0 Å².